The summed E-state index contributed by atoms with van der Waals surface area (Å²) in [7, 11) is 0. The molecule has 0 aromatic carbocycles. The second-order valence-electron chi connectivity index (χ2n) is 2.86. The first kappa shape index (κ1) is 8.47. The van der Waals surface area contributed by atoms with Crippen LogP contribution < -0.4 is 5.73 Å². The number of nitrogens with two attached hydrogens (primary N) is 1. The molecule has 2 rings (SSSR count). The molecule has 0 radical (unpaired) electrons. The number of nitrogens with zero attached hydrogens (tertiary/aromatic N) is 2. The molecular formula is C9H11N3S. The maximum atomic E-state index is 5.51. The van der Waals surface area contributed by atoms with Crippen molar-refractivity contribution < 1.29 is 0 Å². The SMILES string of the molecule is NCc1ccn(Cc2cncs2)c1. The zero-order valence-corrected chi connectivity index (χ0v) is 8.00. The van der Waals surface area contributed by atoms with Crippen molar-refractivity contribution in [2.24, 2.45) is 5.73 Å². The van der Waals surface area contributed by atoms with Gasteiger partial charge < -0.3 is 10.3 Å². The average Bonchev–Trinajstić information content (AvgIpc) is 2.76. The molecule has 0 aliphatic rings. The summed E-state index contributed by atoms with van der Waals surface area (Å²) in [6, 6.07) is 2.04. The van der Waals surface area contributed by atoms with Crippen LogP contribution in [0, 0.1) is 0 Å². The van der Waals surface area contributed by atoms with Crippen LogP contribution in [-0.4, -0.2) is 9.55 Å². The molecule has 4 heteroatoms. The molecule has 2 heterocycles. The zero-order chi connectivity index (χ0) is 9.10. The number of aromatic nitrogens is 2. The molecule has 13 heavy (non-hydrogen) atoms. The van der Waals surface area contributed by atoms with Crippen LogP contribution in [0.15, 0.2) is 30.2 Å². The van der Waals surface area contributed by atoms with E-state index in [-0.39, 0.29) is 0 Å². The molecule has 0 unspecified atom stereocenters. The van der Waals surface area contributed by atoms with E-state index >= 15 is 0 Å². The van der Waals surface area contributed by atoms with Gasteiger partial charge in [0, 0.05) is 30.0 Å². The molecule has 2 aromatic heterocycles. The summed E-state index contributed by atoms with van der Waals surface area (Å²) < 4.78 is 2.12. The van der Waals surface area contributed by atoms with Crippen molar-refractivity contribution in [2.45, 2.75) is 13.1 Å². The Morgan fingerprint density at radius 3 is 3.08 bits per heavy atom. The van der Waals surface area contributed by atoms with Crippen molar-refractivity contribution in [1.29, 1.82) is 0 Å². The Labute approximate surface area is 80.8 Å². The molecular weight excluding hydrogens is 182 g/mol. The summed E-state index contributed by atoms with van der Waals surface area (Å²) in [5.41, 5.74) is 8.53. The summed E-state index contributed by atoms with van der Waals surface area (Å²) in [5, 5.41) is 0. The van der Waals surface area contributed by atoms with E-state index in [0.717, 1.165) is 6.54 Å². The van der Waals surface area contributed by atoms with Gasteiger partial charge in [-0.2, -0.15) is 0 Å². The van der Waals surface area contributed by atoms with Crippen LogP contribution in [0.2, 0.25) is 0 Å². The summed E-state index contributed by atoms with van der Waals surface area (Å²) >= 11 is 1.67. The van der Waals surface area contributed by atoms with E-state index < -0.39 is 0 Å². The highest BCUT2D eigenvalue weighted by molar-refractivity contribution is 7.09. The fourth-order valence-corrected chi connectivity index (χ4v) is 1.81. The Balaban J connectivity index is 2.10. The molecule has 68 valence electrons. The van der Waals surface area contributed by atoms with Gasteiger partial charge in [-0.15, -0.1) is 11.3 Å². The lowest BCUT2D eigenvalue weighted by atomic mass is 10.3. The number of hydrogen-bond acceptors (Lipinski definition) is 3. The van der Waals surface area contributed by atoms with Crippen LogP contribution in [0.4, 0.5) is 0 Å². The summed E-state index contributed by atoms with van der Waals surface area (Å²) in [5.74, 6) is 0. The highest BCUT2D eigenvalue weighted by Crippen LogP contribution is 2.09. The maximum Gasteiger partial charge on any atom is 0.0794 e. The quantitative estimate of drug-likeness (QED) is 0.801. The van der Waals surface area contributed by atoms with Gasteiger partial charge in [-0.1, -0.05) is 0 Å². The first-order chi connectivity index (χ1) is 6.38. The fourth-order valence-electron chi connectivity index (χ4n) is 1.21. The second kappa shape index (κ2) is 3.72. The molecule has 2 aromatic rings. The standard InChI is InChI=1S/C9H11N3S/c10-3-8-1-2-12(5-8)6-9-4-11-7-13-9/h1-2,4-5,7H,3,6,10H2. The highest BCUT2D eigenvalue weighted by Gasteiger charge is 1.97. The molecule has 0 bridgehead atoms. The first-order valence-corrected chi connectivity index (χ1v) is 4.98. The third kappa shape index (κ3) is 1.96. The van der Waals surface area contributed by atoms with E-state index in [4.69, 9.17) is 5.73 Å². The number of rotatable bonds is 3. The van der Waals surface area contributed by atoms with Gasteiger partial charge in [-0.3, -0.25) is 4.98 Å². The van der Waals surface area contributed by atoms with Gasteiger partial charge in [0.15, 0.2) is 0 Å². The molecule has 0 aliphatic heterocycles. The van der Waals surface area contributed by atoms with Gasteiger partial charge in [0.2, 0.25) is 0 Å². The lowest BCUT2D eigenvalue weighted by Crippen LogP contribution is -1.96. The molecule has 0 saturated carbocycles. The van der Waals surface area contributed by atoms with Crippen molar-refractivity contribution in [3.8, 4) is 0 Å². The van der Waals surface area contributed by atoms with Gasteiger partial charge in [0.1, 0.15) is 0 Å². The minimum absolute atomic E-state index is 0.607. The smallest absolute Gasteiger partial charge is 0.0794 e. The van der Waals surface area contributed by atoms with E-state index in [2.05, 4.69) is 15.7 Å². The predicted molar refractivity (Wildman–Crippen MR) is 53.5 cm³/mol. The highest BCUT2D eigenvalue weighted by atomic mass is 32.1. The molecule has 0 saturated heterocycles. The lowest BCUT2D eigenvalue weighted by molar-refractivity contribution is 0.812. The molecule has 3 nitrogen and oxygen atoms in total. The third-order valence-electron chi connectivity index (χ3n) is 1.87. The Kier molecular flexibility index (Phi) is 2.42. The first-order valence-electron chi connectivity index (χ1n) is 4.10. The van der Waals surface area contributed by atoms with Crippen LogP contribution in [0.25, 0.3) is 0 Å². The maximum absolute atomic E-state index is 5.51. The Hall–Kier alpha value is -1.13. The van der Waals surface area contributed by atoms with Crippen LogP contribution >= 0.6 is 11.3 Å². The van der Waals surface area contributed by atoms with Gasteiger partial charge >= 0.3 is 0 Å². The van der Waals surface area contributed by atoms with Gasteiger partial charge in [-0.05, 0) is 11.6 Å². The van der Waals surface area contributed by atoms with E-state index in [1.807, 2.05) is 24.0 Å². The molecule has 0 amide bonds. The number of hydrogen-bond donors (Lipinski definition) is 1. The fraction of sp³-hybridized carbons (Fsp3) is 0.222. The monoisotopic (exact) mass is 193 g/mol. The predicted octanol–water partition coefficient (Wildman–Crippen LogP) is 1.45. The third-order valence-corrected chi connectivity index (χ3v) is 2.63. The molecule has 0 fully saturated rings. The largest absolute Gasteiger partial charge is 0.349 e. The lowest BCUT2D eigenvalue weighted by Gasteiger charge is -1.97. The van der Waals surface area contributed by atoms with Crippen molar-refractivity contribution in [3.63, 3.8) is 0 Å². The van der Waals surface area contributed by atoms with Crippen molar-refractivity contribution in [1.82, 2.24) is 9.55 Å². The second-order valence-corrected chi connectivity index (χ2v) is 3.83. The topological polar surface area (TPSA) is 43.8 Å². The van der Waals surface area contributed by atoms with Gasteiger partial charge in [-0.25, -0.2) is 0 Å². The Morgan fingerprint density at radius 1 is 1.54 bits per heavy atom. The zero-order valence-electron chi connectivity index (χ0n) is 7.18. The van der Waals surface area contributed by atoms with E-state index in [9.17, 15) is 0 Å². The Bertz CT molecular complexity index is 364. The van der Waals surface area contributed by atoms with Crippen molar-refractivity contribution >= 4 is 11.3 Å². The number of thiazole rings is 1. The van der Waals surface area contributed by atoms with Gasteiger partial charge in [0.05, 0.1) is 12.1 Å². The summed E-state index contributed by atoms with van der Waals surface area (Å²) in [6.07, 6.45) is 6.01. The van der Waals surface area contributed by atoms with Crippen LogP contribution in [0.3, 0.4) is 0 Å². The summed E-state index contributed by atoms with van der Waals surface area (Å²) in [6.45, 7) is 1.50. The van der Waals surface area contributed by atoms with E-state index in [0.29, 0.717) is 6.54 Å². The van der Waals surface area contributed by atoms with Gasteiger partial charge in [0.25, 0.3) is 0 Å². The van der Waals surface area contributed by atoms with E-state index in [1.54, 1.807) is 11.3 Å². The molecule has 2 N–H and O–H groups in total. The van der Waals surface area contributed by atoms with Crippen LogP contribution in [0.1, 0.15) is 10.4 Å². The normalized spacial score (nSPS) is 10.5. The summed E-state index contributed by atoms with van der Waals surface area (Å²) in [4.78, 5) is 5.29. The molecule has 0 atom stereocenters. The van der Waals surface area contributed by atoms with Crippen LogP contribution in [0.5, 0.6) is 0 Å². The molecule has 0 spiro atoms. The van der Waals surface area contributed by atoms with E-state index in [1.165, 1.54) is 10.4 Å². The van der Waals surface area contributed by atoms with Crippen molar-refractivity contribution in [2.75, 3.05) is 0 Å². The minimum Gasteiger partial charge on any atom is -0.349 e. The average molecular weight is 193 g/mol. The minimum atomic E-state index is 0.607. The van der Waals surface area contributed by atoms with Crippen molar-refractivity contribution in [3.05, 3.63) is 40.6 Å². The van der Waals surface area contributed by atoms with Crippen LogP contribution in [-0.2, 0) is 13.1 Å². The molecule has 0 aliphatic carbocycles. The Morgan fingerprint density at radius 2 is 2.46 bits per heavy atom.